The quantitative estimate of drug-likeness (QED) is 0.892. The van der Waals surface area contributed by atoms with Gasteiger partial charge in [-0.3, -0.25) is 9.69 Å². The standard InChI is InChI=1S/C16H23N3O.2ClH/c1-13-4-6-14(7-5-13)19-10-2-3-15(16(19)20)18-11-8-17-9-12-18;;/h4-7,15,17H,2-3,8-12H2,1H3;2*1H. The van der Waals surface area contributed by atoms with E-state index in [4.69, 9.17) is 0 Å². The smallest absolute Gasteiger partial charge is 0.244 e. The zero-order chi connectivity index (χ0) is 13.9. The third-order valence-electron chi connectivity index (χ3n) is 4.35. The monoisotopic (exact) mass is 345 g/mol. The highest BCUT2D eigenvalue weighted by atomic mass is 35.5. The molecule has 124 valence electrons. The third kappa shape index (κ3) is 4.13. The van der Waals surface area contributed by atoms with Gasteiger partial charge in [0.1, 0.15) is 0 Å². The predicted molar refractivity (Wildman–Crippen MR) is 95.5 cm³/mol. The first-order valence-corrected chi connectivity index (χ1v) is 7.58. The van der Waals surface area contributed by atoms with E-state index in [1.165, 1.54) is 5.56 Å². The van der Waals surface area contributed by atoms with E-state index in [0.29, 0.717) is 0 Å². The van der Waals surface area contributed by atoms with Crippen molar-refractivity contribution in [3.8, 4) is 0 Å². The number of piperidine rings is 1. The Morgan fingerprint density at radius 3 is 2.32 bits per heavy atom. The van der Waals surface area contributed by atoms with Crippen molar-refractivity contribution >= 4 is 36.4 Å². The number of nitrogens with zero attached hydrogens (tertiary/aromatic N) is 2. The first kappa shape index (κ1) is 19.2. The molecule has 2 aliphatic rings. The van der Waals surface area contributed by atoms with Crippen LogP contribution >= 0.6 is 24.8 Å². The topological polar surface area (TPSA) is 35.6 Å². The van der Waals surface area contributed by atoms with Gasteiger partial charge >= 0.3 is 0 Å². The van der Waals surface area contributed by atoms with Gasteiger partial charge in [0.15, 0.2) is 0 Å². The van der Waals surface area contributed by atoms with Gasteiger partial charge in [-0.1, -0.05) is 17.7 Å². The lowest BCUT2D eigenvalue weighted by Crippen LogP contribution is -2.57. The Kier molecular flexibility index (Phi) is 7.63. The fraction of sp³-hybridized carbons (Fsp3) is 0.562. The molecular formula is C16H25Cl2N3O. The van der Waals surface area contributed by atoms with E-state index in [0.717, 1.165) is 51.3 Å². The van der Waals surface area contributed by atoms with Crippen LogP contribution in [0.2, 0.25) is 0 Å². The van der Waals surface area contributed by atoms with E-state index >= 15 is 0 Å². The van der Waals surface area contributed by atoms with Crippen molar-refractivity contribution in [3.63, 3.8) is 0 Å². The Morgan fingerprint density at radius 1 is 1.05 bits per heavy atom. The molecule has 2 aliphatic heterocycles. The van der Waals surface area contributed by atoms with Crippen LogP contribution in [0, 0.1) is 6.92 Å². The average molecular weight is 346 g/mol. The Bertz CT molecular complexity index is 475. The van der Waals surface area contributed by atoms with Crippen LogP contribution in [0.25, 0.3) is 0 Å². The summed E-state index contributed by atoms with van der Waals surface area (Å²) in [6, 6.07) is 8.36. The van der Waals surface area contributed by atoms with E-state index < -0.39 is 0 Å². The van der Waals surface area contributed by atoms with Crippen LogP contribution in [0.15, 0.2) is 24.3 Å². The highest BCUT2D eigenvalue weighted by molar-refractivity contribution is 5.97. The van der Waals surface area contributed by atoms with E-state index in [1.54, 1.807) is 0 Å². The van der Waals surface area contributed by atoms with Gasteiger partial charge in [0.25, 0.3) is 0 Å². The Labute approximate surface area is 145 Å². The van der Waals surface area contributed by atoms with Gasteiger partial charge < -0.3 is 10.2 Å². The lowest BCUT2D eigenvalue weighted by Gasteiger charge is -2.40. The Hall–Kier alpha value is -0.810. The molecule has 1 aromatic rings. The fourth-order valence-corrected chi connectivity index (χ4v) is 3.17. The second-order valence-corrected chi connectivity index (χ2v) is 5.77. The van der Waals surface area contributed by atoms with Crippen molar-refractivity contribution in [2.75, 3.05) is 37.6 Å². The number of aryl methyl sites for hydroxylation is 1. The van der Waals surface area contributed by atoms with Crippen LogP contribution < -0.4 is 10.2 Å². The predicted octanol–water partition coefficient (Wildman–Crippen LogP) is 2.24. The molecule has 0 aliphatic carbocycles. The first-order valence-electron chi connectivity index (χ1n) is 7.58. The number of nitrogens with one attached hydrogen (secondary N) is 1. The number of carbonyl (C=O) groups excluding carboxylic acids is 1. The van der Waals surface area contributed by atoms with Gasteiger partial charge in [-0.25, -0.2) is 0 Å². The first-order chi connectivity index (χ1) is 9.75. The van der Waals surface area contributed by atoms with Crippen LogP contribution in [0.1, 0.15) is 18.4 Å². The van der Waals surface area contributed by atoms with Crippen molar-refractivity contribution in [2.45, 2.75) is 25.8 Å². The number of amides is 1. The molecule has 2 heterocycles. The molecule has 2 saturated heterocycles. The number of hydrogen-bond acceptors (Lipinski definition) is 3. The number of benzene rings is 1. The second kappa shape index (κ2) is 8.73. The molecule has 0 spiro atoms. The molecule has 0 radical (unpaired) electrons. The number of halogens is 2. The minimum Gasteiger partial charge on any atom is -0.314 e. The Morgan fingerprint density at radius 2 is 1.68 bits per heavy atom. The number of rotatable bonds is 2. The van der Waals surface area contributed by atoms with E-state index in [9.17, 15) is 4.79 Å². The van der Waals surface area contributed by atoms with Gasteiger partial charge in [0.2, 0.25) is 5.91 Å². The summed E-state index contributed by atoms with van der Waals surface area (Å²) in [6.45, 7) is 6.88. The number of hydrogen-bond donors (Lipinski definition) is 1. The minimum absolute atomic E-state index is 0. The lowest BCUT2D eigenvalue weighted by atomic mass is 10.0. The fourth-order valence-electron chi connectivity index (χ4n) is 3.17. The molecule has 22 heavy (non-hydrogen) atoms. The molecule has 0 bridgehead atoms. The molecule has 1 aromatic carbocycles. The van der Waals surface area contributed by atoms with Crippen molar-refractivity contribution in [2.24, 2.45) is 0 Å². The van der Waals surface area contributed by atoms with Crippen LogP contribution in [-0.2, 0) is 4.79 Å². The largest absolute Gasteiger partial charge is 0.314 e. The average Bonchev–Trinajstić information content (AvgIpc) is 2.49. The number of carbonyl (C=O) groups is 1. The van der Waals surface area contributed by atoms with Crippen molar-refractivity contribution < 1.29 is 4.79 Å². The molecule has 1 amide bonds. The van der Waals surface area contributed by atoms with Crippen molar-refractivity contribution in [1.29, 1.82) is 0 Å². The van der Waals surface area contributed by atoms with E-state index in [1.807, 2.05) is 4.90 Å². The molecule has 1 N–H and O–H groups in total. The van der Waals surface area contributed by atoms with Crippen molar-refractivity contribution in [3.05, 3.63) is 29.8 Å². The zero-order valence-electron chi connectivity index (χ0n) is 13.0. The van der Waals surface area contributed by atoms with Gasteiger partial charge in [0, 0.05) is 38.4 Å². The summed E-state index contributed by atoms with van der Waals surface area (Å²) < 4.78 is 0. The molecule has 0 saturated carbocycles. The maximum atomic E-state index is 12.8. The number of piperazine rings is 1. The highest BCUT2D eigenvalue weighted by Gasteiger charge is 2.34. The Balaban J connectivity index is 0.00000121. The zero-order valence-corrected chi connectivity index (χ0v) is 14.6. The summed E-state index contributed by atoms with van der Waals surface area (Å²) in [5, 5.41) is 3.35. The molecule has 0 aromatic heterocycles. The van der Waals surface area contributed by atoms with Crippen LogP contribution in [0.3, 0.4) is 0 Å². The van der Waals surface area contributed by atoms with Crippen molar-refractivity contribution in [1.82, 2.24) is 10.2 Å². The highest BCUT2D eigenvalue weighted by Crippen LogP contribution is 2.24. The minimum atomic E-state index is 0. The number of anilines is 1. The molecule has 3 rings (SSSR count). The van der Waals surface area contributed by atoms with Crippen LogP contribution in [0.4, 0.5) is 5.69 Å². The summed E-state index contributed by atoms with van der Waals surface area (Å²) in [5.41, 5.74) is 2.28. The maximum absolute atomic E-state index is 12.8. The van der Waals surface area contributed by atoms with Gasteiger partial charge in [0.05, 0.1) is 6.04 Å². The normalized spacial score (nSPS) is 22.7. The third-order valence-corrected chi connectivity index (χ3v) is 4.35. The maximum Gasteiger partial charge on any atom is 0.244 e. The summed E-state index contributed by atoms with van der Waals surface area (Å²) in [4.78, 5) is 17.1. The van der Waals surface area contributed by atoms with E-state index in [2.05, 4.69) is 41.4 Å². The molecule has 6 heteroatoms. The SMILES string of the molecule is Cc1ccc(N2CCCC(N3CCNCC3)C2=O)cc1.Cl.Cl. The molecule has 2 fully saturated rings. The summed E-state index contributed by atoms with van der Waals surface area (Å²) in [7, 11) is 0. The summed E-state index contributed by atoms with van der Waals surface area (Å²) in [5.74, 6) is 0.280. The van der Waals surface area contributed by atoms with Gasteiger partial charge in [-0.15, -0.1) is 24.8 Å². The van der Waals surface area contributed by atoms with Crippen LogP contribution in [0.5, 0.6) is 0 Å². The molecule has 4 nitrogen and oxygen atoms in total. The molecular weight excluding hydrogens is 321 g/mol. The van der Waals surface area contributed by atoms with Crippen LogP contribution in [-0.4, -0.2) is 49.6 Å². The second-order valence-electron chi connectivity index (χ2n) is 5.77. The lowest BCUT2D eigenvalue weighted by molar-refractivity contribution is -0.125. The molecule has 1 atom stereocenters. The summed E-state index contributed by atoms with van der Waals surface area (Å²) >= 11 is 0. The van der Waals surface area contributed by atoms with Gasteiger partial charge in [-0.2, -0.15) is 0 Å². The van der Waals surface area contributed by atoms with Gasteiger partial charge in [-0.05, 0) is 31.9 Å². The molecule has 1 unspecified atom stereocenters. The van der Waals surface area contributed by atoms with E-state index in [-0.39, 0.29) is 36.8 Å². The summed E-state index contributed by atoms with van der Waals surface area (Å²) in [6.07, 6.45) is 2.09.